The zero-order valence-electron chi connectivity index (χ0n) is 23.2. The standard InChI is InChI=1S/C35H39N3/c1-5-7-21-36-35(37-22-8-6-2)29-16-12-10-14-27(29)33-30(35)19-20-32(38-33)24-17-18-26-25-13-9-11-15-28(25)34(3,4)31(26)23-24/h9-20,23,36-37H,5-8,21-22H2,1-4H3. The average Bonchev–Trinajstić information content (AvgIpc) is 3.35. The van der Waals surface area contributed by atoms with Crippen molar-refractivity contribution in [2.24, 2.45) is 0 Å². The van der Waals surface area contributed by atoms with E-state index in [1.165, 1.54) is 57.3 Å². The molecule has 4 aromatic rings. The number of hydrogen-bond acceptors (Lipinski definition) is 3. The molecule has 6 rings (SSSR count). The summed E-state index contributed by atoms with van der Waals surface area (Å²) in [4.78, 5) is 5.36. The van der Waals surface area contributed by atoms with Gasteiger partial charge in [-0.3, -0.25) is 10.6 Å². The van der Waals surface area contributed by atoms with Gasteiger partial charge in [0, 0.05) is 27.7 Å². The summed E-state index contributed by atoms with van der Waals surface area (Å²) in [5.41, 5.74) is 12.1. The molecular weight excluding hydrogens is 462 g/mol. The predicted molar refractivity (Wildman–Crippen MR) is 159 cm³/mol. The summed E-state index contributed by atoms with van der Waals surface area (Å²) in [5.74, 6) is 0. The van der Waals surface area contributed by atoms with Crippen LogP contribution >= 0.6 is 0 Å². The van der Waals surface area contributed by atoms with E-state index in [1.807, 2.05) is 0 Å². The highest BCUT2D eigenvalue weighted by atomic mass is 15.2. The van der Waals surface area contributed by atoms with E-state index in [0.29, 0.717) is 0 Å². The molecule has 0 aliphatic heterocycles. The van der Waals surface area contributed by atoms with E-state index >= 15 is 0 Å². The number of nitrogens with zero attached hydrogens (tertiary/aromatic N) is 1. The molecule has 1 aromatic heterocycles. The van der Waals surface area contributed by atoms with E-state index < -0.39 is 5.66 Å². The van der Waals surface area contributed by atoms with Crippen molar-refractivity contribution < 1.29 is 0 Å². The van der Waals surface area contributed by atoms with Crippen molar-refractivity contribution >= 4 is 0 Å². The zero-order chi connectivity index (χ0) is 26.3. The minimum atomic E-state index is -0.399. The summed E-state index contributed by atoms with van der Waals surface area (Å²) in [6.45, 7) is 11.1. The normalized spacial score (nSPS) is 15.6. The predicted octanol–water partition coefficient (Wildman–Crippen LogP) is 8.02. The monoisotopic (exact) mass is 501 g/mol. The third-order valence-electron chi connectivity index (χ3n) is 8.61. The van der Waals surface area contributed by atoms with Crippen molar-refractivity contribution in [2.75, 3.05) is 13.1 Å². The van der Waals surface area contributed by atoms with Crippen molar-refractivity contribution in [3.05, 3.63) is 101 Å². The Bertz CT molecular complexity index is 1470. The van der Waals surface area contributed by atoms with Crippen molar-refractivity contribution in [2.45, 2.75) is 64.5 Å². The lowest BCUT2D eigenvalue weighted by atomic mass is 9.82. The topological polar surface area (TPSA) is 37.0 Å². The summed E-state index contributed by atoms with van der Waals surface area (Å²) < 4.78 is 0. The van der Waals surface area contributed by atoms with Crippen LogP contribution in [0.3, 0.4) is 0 Å². The third-order valence-corrected chi connectivity index (χ3v) is 8.61. The number of benzene rings is 3. The fraction of sp³-hybridized carbons (Fsp3) is 0.343. The molecule has 0 spiro atoms. The van der Waals surface area contributed by atoms with Crippen molar-refractivity contribution in [1.29, 1.82) is 0 Å². The molecule has 3 aromatic carbocycles. The van der Waals surface area contributed by atoms with E-state index in [4.69, 9.17) is 4.98 Å². The van der Waals surface area contributed by atoms with Gasteiger partial charge < -0.3 is 0 Å². The molecule has 0 saturated heterocycles. The van der Waals surface area contributed by atoms with Crippen LogP contribution in [0.2, 0.25) is 0 Å². The molecule has 2 aliphatic rings. The highest BCUT2D eigenvalue weighted by Gasteiger charge is 2.43. The van der Waals surface area contributed by atoms with Crippen LogP contribution in [0.5, 0.6) is 0 Å². The Morgan fingerprint density at radius 2 is 1.26 bits per heavy atom. The second kappa shape index (κ2) is 9.80. The second-order valence-electron chi connectivity index (χ2n) is 11.4. The first-order valence-electron chi connectivity index (χ1n) is 14.4. The lowest BCUT2D eigenvalue weighted by molar-refractivity contribution is 0.322. The van der Waals surface area contributed by atoms with Crippen LogP contribution in [0.1, 0.15) is 75.6 Å². The summed E-state index contributed by atoms with van der Waals surface area (Å²) in [7, 11) is 0. The van der Waals surface area contributed by atoms with Gasteiger partial charge in [-0.2, -0.15) is 0 Å². The van der Waals surface area contributed by atoms with Gasteiger partial charge in [0.25, 0.3) is 0 Å². The van der Waals surface area contributed by atoms with Gasteiger partial charge in [-0.15, -0.1) is 0 Å². The maximum atomic E-state index is 5.36. The minimum Gasteiger partial charge on any atom is -0.292 e. The largest absolute Gasteiger partial charge is 0.292 e. The first-order chi connectivity index (χ1) is 18.5. The molecule has 0 saturated carbocycles. The Hall–Kier alpha value is -3.27. The van der Waals surface area contributed by atoms with Crippen molar-refractivity contribution in [3.63, 3.8) is 0 Å². The van der Waals surface area contributed by atoms with E-state index in [9.17, 15) is 0 Å². The molecule has 3 nitrogen and oxygen atoms in total. The van der Waals surface area contributed by atoms with Gasteiger partial charge >= 0.3 is 0 Å². The number of rotatable bonds is 9. The zero-order valence-corrected chi connectivity index (χ0v) is 23.2. The maximum Gasteiger partial charge on any atom is 0.124 e. The van der Waals surface area contributed by atoms with Crippen molar-refractivity contribution in [3.8, 4) is 33.6 Å². The Balaban J connectivity index is 1.45. The highest BCUT2D eigenvalue weighted by molar-refractivity contribution is 5.84. The number of fused-ring (bicyclic) bond motifs is 6. The van der Waals surface area contributed by atoms with Crippen LogP contribution in [-0.2, 0) is 11.1 Å². The molecule has 0 bridgehead atoms. The molecule has 1 heterocycles. The van der Waals surface area contributed by atoms with Crippen LogP contribution in [0.25, 0.3) is 33.6 Å². The van der Waals surface area contributed by atoms with Crippen molar-refractivity contribution in [1.82, 2.24) is 15.6 Å². The molecule has 2 aliphatic carbocycles. The van der Waals surface area contributed by atoms with Crippen LogP contribution < -0.4 is 10.6 Å². The molecule has 0 atom stereocenters. The van der Waals surface area contributed by atoms with Gasteiger partial charge in [0.05, 0.1) is 11.4 Å². The van der Waals surface area contributed by atoms with Gasteiger partial charge in [-0.1, -0.05) is 107 Å². The van der Waals surface area contributed by atoms with Crippen LogP contribution in [0, 0.1) is 0 Å². The smallest absolute Gasteiger partial charge is 0.124 e. The number of pyridine rings is 1. The molecular formula is C35H39N3. The van der Waals surface area contributed by atoms with Gasteiger partial charge in [-0.25, -0.2) is 4.98 Å². The Morgan fingerprint density at radius 1 is 0.632 bits per heavy atom. The minimum absolute atomic E-state index is 0.0210. The fourth-order valence-electron chi connectivity index (χ4n) is 6.50. The molecule has 2 N–H and O–H groups in total. The molecule has 0 fully saturated rings. The number of hydrogen-bond donors (Lipinski definition) is 2. The fourth-order valence-corrected chi connectivity index (χ4v) is 6.50. The molecule has 0 amide bonds. The van der Waals surface area contributed by atoms with Gasteiger partial charge in [-0.05, 0) is 60.3 Å². The maximum absolute atomic E-state index is 5.36. The average molecular weight is 502 g/mol. The quantitative estimate of drug-likeness (QED) is 0.180. The van der Waals surface area contributed by atoms with E-state index in [-0.39, 0.29) is 5.41 Å². The summed E-state index contributed by atoms with van der Waals surface area (Å²) >= 11 is 0. The van der Waals surface area contributed by atoms with Crippen LogP contribution in [0.4, 0.5) is 0 Å². The number of aromatic nitrogens is 1. The van der Waals surface area contributed by atoms with Crippen LogP contribution in [0.15, 0.2) is 78.9 Å². The molecule has 0 unspecified atom stereocenters. The van der Waals surface area contributed by atoms with Crippen LogP contribution in [-0.4, -0.2) is 18.1 Å². The first-order valence-corrected chi connectivity index (χ1v) is 14.4. The van der Waals surface area contributed by atoms with Gasteiger partial charge in [0.2, 0.25) is 0 Å². The summed E-state index contributed by atoms with van der Waals surface area (Å²) in [5, 5.41) is 7.86. The Kier molecular flexibility index (Phi) is 6.45. The SMILES string of the molecule is CCCCNC1(NCCCC)c2ccccc2-c2nc(-c3ccc4c(c3)C(C)(C)c3ccccc3-4)ccc21. The van der Waals surface area contributed by atoms with Gasteiger partial charge in [0.15, 0.2) is 0 Å². The molecule has 194 valence electrons. The number of nitrogens with one attached hydrogen (secondary N) is 2. The second-order valence-corrected chi connectivity index (χ2v) is 11.4. The van der Waals surface area contributed by atoms with E-state index in [0.717, 1.165) is 37.3 Å². The van der Waals surface area contributed by atoms with E-state index in [2.05, 4.69) is 117 Å². The summed E-state index contributed by atoms with van der Waals surface area (Å²) in [6, 6.07) is 29.1. The lowest BCUT2D eigenvalue weighted by Crippen LogP contribution is -2.54. The molecule has 3 heteroatoms. The Labute approximate surface area is 227 Å². The van der Waals surface area contributed by atoms with Gasteiger partial charge in [0.1, 0.15) is 5.66 Å². The number of unbranched alkanes of at least 4 members (excludes halogenated alkanes) is 2. The third kappa shape index (κ3) is 3.83. The van der Waals surface area contributed by atoms with E-state index in [1.54, 1.807) is 0 Å². The lowest BCUT2D eigenvalue weighted by Gasteiger charge is -2.34. The summed E-state index contributed by atoms with van der Waals surface area (Å²) in [6.07, 6.45) is 4.63. The Morgan fingerprint density at radius 3 is 1.97 bits per heavy atom. The highest BCUT2D eigenvalue weighted by Crippen LogP contribution is 2.50. The first kappa shape index (κ1) is 25.0. The molecule has 0 radical (unpaired) electrons. The molecule has 38 heavy (non-hydrogen) atoms.